The molecule has 5 rings (SSSR count). The number of Topliss-reactive ketones (excluding diaryl/α,β-unsaturated/α-hetero) is 1. The van der Waals surface area contributed by atoms with Gasteiger partial charge in [0, 0.05) is 12.2 Å². The number of aromatic carboxylic acids is 1. The van der Waals surface area contributed by atoms with E-state index in [1.807, 2.05) is 37.3 Å². The van der Waals surface area contributed by atoms with Crippen molar-refractivity contribution in [2.45, 2.75) is 38.3 Å². The summed E-state index contributed by atoms with van der Waals surface area (Å²) in [6.07, 6.45) is 2.40. The quantitative estimate of drug-likeness (QED) is 0.208. The van der Waals surface area contributed by atoms with Gasteiger partial charge >= 0.3 is 5.97 Å². The van der Waals surface area contributed by atoms with E-state index < -0.39 is 24.5 Å². The number of hydrogen-bond donors (Lipinski definition) is 3. The number of nitrogens with two attached hydrogens (primary N) is 1. The Morgan fingerprint density at radius 2 is 2.03 bits per heavy atom. The molecule has 38 heavy (non-hydrogen) atoms. The second kappa shape index (κ2) is 10.5. The van der Waals surface area contributed by atoms with E-state index in [4.69, 9.17) is 20.0 Å². The van der Waals surface area contributed by atoms with Crippen LogP contribution in [0.15, 0.2) is 71.5 Å². The molecule has 3 atom stereocenters. The van der Waals surface area contributed by atoms with Crippen LogP contribution in [-0.2, 0) is 4.79 Å². The van der Waals surface area contributed by atoms with Crippen LogP contribution in [0, 0.1) is 6.92 Å². The second-order valence-electron chi connectivity index (χ2n) is 9.24. The lowest BCUT2D eigenvalue weighted by Gasteiger charge is -2.30. The number of hydrogen-bond acceptors (Lipinski definition) is 8. The lowest BCUT2D eigenvalue weighted by molar-refractivity contribution is -0.134. The number of aromatic nitrogens is 1. The number of nitrogens with zero attached hydrogens (tertiary/aromatic N) is 2. The molecule has 0 aliphatic carbocycles. The summed E-state index contributed by atoms with van der Waals surface area (Å²) >= 11 is 0. The molecule has 0 radical (unpaired) electrons. The smallest absolute Gasteiger partial charge is 0.335 e. The monoisotopic (exact) mass is 518 g/mol. The Hall–Kier alpha value is -4.44. The van der Waals surface area contributed by atoms with Crippen LogP contribution in [0.3, 0.4) is 0 Å². The Labute approximate surface area is 218 Å². The third-order valence-corrected chi connectivity index (χ3v) is 6.78. The number of halogens is 1. The molecule has 1 aliphatic rings. The van der Waals surface area contributed by atoms with Crippen LogP contribution in [0.25, 0.3) is 11.1 Å². The lowest BCUT2D eigenvalue weighted by atomic mass is 9.95. The molecule has 10 heteroatoms. The standard InChI is InChI=1S/C28H27FN4O5/c1-16-5-2-3-6-20(16)32-25(17-8-10-21-24(14-17)37-15-31-21)26(34)22-7-4-12-33(22)28(29)38-23-11-9-18(27(35)36)13-19(23)30/h2-3,5-6,8-11,13-15,22,25,28,32H,4,7,12,30H2,1H3,(H,35,36)/t22-,25-,28-/m0/s1. The summed E-state index contributed by atoms with van der Waals surface area (Å²) in [6, 6.07) is 15.2. The van der Waals surface area contributed by atoms with Crippen molar-refractivity contribution in [1.29, 1.82) is 0 Å². The van der Waals surface area contributed by atoms with Gasteiger partial charge in [0.1, 0.15) is 17.3 Å². The van der Waals surface area contributed by atoms with Gasteiger partial charge in [-0.3, -0.25) is 4.79 Å². The maximum Gasteiger partial charge on any atom is 0.335 e. The highest BCUT2D eigenvalue weighted by atomic mass is 19.1. The number of nitrogen functional groups attached to an aromatic ring is 1. The Bertz CT molecular complexity index is 1490. The van der Waals surface area contributed by atoms with Crippen molar-refractivity contribution in [3.05, 3.63) is 83.7 Å². The first kappa shape index (κ1) is 25.2. The molecule has 0 spiro atoms. The molecule has 0 bridgehead atoms. The highest BCUT2D eigenvalue weighted by molar-refractivity contribution is 5.93. The number of ether oxygens (including phenoxy) is 1. The van der Waals surface area contributed by atoms with Crippen molar-refractivity contribution in [2.24, 2.45) is 0 Å². The average molecular weight is 519 g/mol. The number of oxazole rings is 1. The second-order valence-corrected chi connectivity index (χ2v) is 9.24. The minimum Gasteiger partial charge on any atom is -0.478 e. The number of fused-ring (bicyclic) bond motifs is 1. The van der Waals surface area contributed by atoms with Gasteiger partial charge in [-0.2, -0.15) is 4.39 Å². The summed E-state index contributed by atoms with van der Waals surface area (Å²) in [5.41, 5.74) is 9.48. The first-order valence-electron chi connectivity index (χ1n) is 12.2. The van der Waals surface area contributed by atoms with Crippen molar-refractivity contribution in [1.82, 2.24) is 9.88 Å². The topological polar surface area (TPSA) is 131 Å². The molecule has 1 aromatic heterocycles. The number of carboxylic acids is 1. The summed E-state index contributed by atoms with van der Waals surface area (Å²) < 4.78 is 26.4. The normalized spacial score (nSPS) is 17.3. The zero-order chi connectivity index (χ0) is 26.8. The molecule has 196 valence electrons. The number of likely N-dealkylation sites (tertiary alicyclic amines) is 1. The van der Waals surface area contributed by atoms with Gasteiger partial charge in [-0.05, 0) is 67.3 Å². The molecule has 0 unspecified atom stereocenters. The predicted octanol–water partition coefficient (Wildman–Crippen LogP) is 4.94. The fraction of sp³-hybridized carbons (Fsp3) is 0.250. The summed E-state index contributed by atoms with van der Waals surface area (Å²) in [7, 11) is 0. The minimum absolute atomic E-state index is 0.00548. The van der Waals surface area contributed by atoms with Gasteiger partial charge in [-0.1, -0.05) is 24.3 Å². The summed E-state index contributed by atoms with van der Waals surface area (Å²) in [5.74, 6) is -1.36. The third-order valence-electron chi connectivity index (χ3n) is 6.78. The van der Waals surface area contributed by atoms with E-state index in [0.717, 1.165) is 11.3 Å². The van der Waals surface area contributed by atoms with E-state index in [1.165, 1.54) is 29.5 Å². The summed E-state index contributed by atoms with van der Waals surface area (Å²) in [5, 5.41) is 12.5. The van der Waals surface area contributed by atoms with Crippen molar-refractivity contribution in [3.8, 4) is 5.75 Å². The van der Waals surface area contributed by atoms with Crippen LogP contribution < -0.4 is 15.8 Å². The number of anilines is 2. The molecular formula is C28H27FN4O5. The molecular weight excluding hydrogens is 491 g/mol. The van der Waals surface area contributed by atoms with Crippen LogP contribution >= 0.6 is 0 Å². The molecule has 2 heterocycles. The fourth-order valence-corrected chi connectivity index (χ4v) is 4.75. The van der Waals surface area contributed by atoms with E-state index >= 15 is 4.39 Å². The van der Waals surface area contributed by atoms with Crippen molar-refractivity contribution in [2.75, 3.05) is 17.6 Å². The van der Waals surface area contributed by atoms with Crippen LogP contribution in [0.5, 0.6) is 5.75 Å². The first-order valence-corrected chi connectivity index (χ1v) is 12.2. The molecule has 0 amide bonds. The number of ketones is 1. The number of aryl methyl sites for hydroxylation is 1. The third kappa shape index (κ3) is 5.03. The Balaban J connectivity index is 1.42. The highest BCUT2D eigenvalue weighted by Gasteiger charge is 2.40. The van der Waals surface area contributed by atoms with Gasteiger partial charge < -0.3 is 25.3 Å². The van der Waals surface area contributed by atoms with E-state index in [9.17, 15) is 9.59 Å². The Morgan fingerprint density at radius 1 is 1.21 bits per heavy atom. The largest absolute Gasteiger partial charge is 0.478 e. The van der Waals surface area contributed by atoms with Crippen LogP contribution in [0.4, 0.5) is 15.8 Å². The molecule has 9 nitrogen and oxygen atoms in total. The van der Waals surface area contributed by atoms with Gasteiger partial charge in [0.25, 0.3) is 6.48 Å². The molecule has 1 aliphatic heterocycles. The number of para-hydroxylation sites is 1. The summed E-state index contributed by atoms with van der Waals surface area (Å²) in [4.78, 5) is 30.7. The zero-order valence-corrected chi connectivity index (χ0v) is 20.6. The maximum atomic E-state index is 15.5. The number of benzene rings is 3. The first-order chi connectivity index (χ1) is 18.3. The average Bonchev–Trinajstić information content (AvgIpc) is 3.58. The lowest BCUT2D eigenvalue weighted by Crippen LogP contribution is -2.46. The Kier molecular flexibility index (Phi) is 6.97. The Morgan fingerprint density at radius 3 is 2.79 bits per heavy atom. The predicted molar refractivity (Wildman–Crippen MR) is 140 cm³/mol. The fourth-order valence-electron chi connectivity index (χ4n) is 4.75. The van der Waals surface area contributed by atoms with Gasteiger partial charge in [0.2, 0.25) is 0 Å². The number of carbonyl (C=O) groups is 2. The molecule has 4 aromatic rings. The molecule has 4 N–H and O–H groups in total. The summed E-state index contributed by atoms with van der Waals surface area (Å²) in [6.45, 7) is 0.292. The van der Waals surface area contributed by atoms with E-state index in [2.05, 4.69) is 10.3 Å². The van der Waals surface area contributed by atoms with Crippen LogP contribution in [0.1, 0.15) is 40.4 Å². The van der Waals surface area contributed by atoms with Crippen molar-refractivity contribution in [3.63, 3.8) is 0 Å². The molecule has 0 saturated carbocycles. The van der Waals surface area contributed by atoms with E-state index in [0.29, 0.717) is 36.0 Å². The van der Waals surface area contributed by atoms with E-state index in [-0.39, 0.29) is 22.8 Å². The number of carbonyl (C=O) groups excluding carboxylic acids is 1. The SMILES string of the molecule is Cc1ccccc1N[C@H](C(=O)[C@@H]1CCCN1[C@H](F)Oc1ccc(C(=O)O)cc1N)c1ccc2ncoc2c1. The van der Waals surface area contributed by atoms with Crippen molar-refractivity contribution < 1.29 is 28.2 Å². The number of carboxylic acid groups (broad SMARTS) is 1. The van der Waals surface area contributed by atoms with Gasteiger partial charge in [0.15, 0.2) is 17.8 Å². The van der Waals surface area contributed by atoms with Gasteiger partial charge in [0.05, 0.1) is 17.3 Å². The van der Waals surface area contributed by atoms with Crippen molar-refractivity contribution >= 4 is 34.2 Å². The molecule has 3 aromatic carbocycles. The minimum atomic E-state index is -1.96. The number of rotatable bonds is 9. The van der Waals surface area contributed by atoms with Crippen LogP contribution in [0.2, 0.25) is 0 Å². The highest BCUT2D eigenvalue weighted by Crippen LogP contribution is 2.33. The zero-order valence-electron chi connectivity index (χ0n) is 20.6. The maximum absolute atomic E-state index is 15.5. The van der Waals surface area contributed by atoms with Gasteiger partial charge in [-0.15, -0.1) is 0 Å². The molecule has 1 saturated heterocycles. The van der Waals surface area contributed by atoms with Gasteiger partial charge in [-0.25, -0.2) is 14.7 Å². The number of nitrogens with one attached hydrogen (secondary N) is 1. The molecule has 1 fully saturated rings. The van der Waals surface area contributed by atoms with E-state index in [1.54, 1.807) is 12.1 Å². The van der Waals surface area contributed by atoms with Crippen LogP contribution in [-0.4, -0.2) is 45.8 Å². The number of alkyl halides is 1.